The van der Waals surface area contributed by atoms with Gasteiger partial charge in [0.25, 0.3) is 0 Å². The molecular weight excluding hydrogens is 713 g/mol. The molecule has 0 amide bonds. The lowest BCUT2D eigenvalue weighted by atomic mass is 9.92. The van der Waals surface area contributed by atoms with Crippen molar-refractivity contribution in [2.75, 3.05) is 4.90 Å². The topological polar surface area (TPSA) is 8.17 Å². The smallest absolute Gasteiger partial charge is 0.0588 e. The molecule has 0 N–H and O–H groups in total. The summed E-state index contributed by atoms with van der Waals surface area (Å²) in [6.07, 6.45) is 9.77. The van der Waals surface area contributed by atoms with E-state index in [1.54, 1.807) is 0 Å². The Morgan fingerprint density at radius 1 is 0.424 bits per heavy atom. The first-order chi connectivity index (χ1) is 29.3. The van der Waals surface area contributed by atoms with Crippen molar-refractivity contribution in [2.24, 2.45) is 0 Å². The third-order valence-electron chi connectivity index (χ3n) is 11.8. The largest absolute Gasteiger partial charge is 0.310 e. The van der Waals surface area contributed by atoms with Crippen LogP contribution in [0.4, 0.5) is 17.1 Å². The van der Waals surface area contributed by atoms with Gasteiger partial charge in [-0.15, -0.1) is 0 Å². The number of para-hydroxylation sites is 2. The summed E-state index contributed by atoms with van der Waals surface area (Å²) in [6, 6.07) is 75.1. The summed E-state index contributed by atoms with van der Waals surface area (Å²) < 4.78 is 2.47. The van der Waals surface area contributed by atoms with E-state index in [1.165, 1.54) is 82.8 Å². The molecule has 0 unspecified atom stereocenters. The van der Waals surface area contributed by atoms with Gasteiger partial charge in [0.1, 0.15) is 0 Å². The SMILES string of the molecule is C1=CCc2c(cc(-c3cccc(N(c4ccc(-c5ccccc5-c5ccccc5)cc4)c4ccc5ccccc5c4)c3)c3c4ccccc4n(-c4ccccc4)c23)C=C1. The Balaban J connectivity index is 1.11. The van der Waals surface area contributed by atoms with Gasteiger partial charge in [0.2, 0.25) is 0 Å². The third kappa shape index (κ3) is 6.14. The maximum absolute atomic E-state index is 2.47. The molecule has 0 spiro atoms. The van der Waals surface area contributed by atoms with Gasteiger partial charge in [-0.3, -0.25) is 0 Å². The van der Waals surface area contributed by atoms with Crippen LogP contribution >= 0.6 is 0 Å². The molecule has 2 heteroatoms. The summed E-state index contributed by atoms with van der Waals surface area (Å²) in [7, 11) is 0. The van der Waals surface area contributed by atoms with E-state index in [2.05, 4.69) is 240 Å². The van der Waals surface area contributed by atoms with Crippen LogP contribution in [0.5, 0.6) is 0 Å². The molecule has 0 aliphatic heterocycles. The van der Waals surface area contributed by atoms with Gasteiger partial charge in [-0.25, -0.2) is 0 Å². The normalized spacial score (nSPS) is 12.2. The Morgan fingerprint density at radius 2 is 1.07 bits per heavy atom. The molecule has 0 bridgehead atoms. The van der Waals surface area contributed by atoms with Crippen LogP contribution in [0.3, 0.4) is 0 Å². The van der Waals surface area contributed by atoms with Crippen molar-refractivity contribution < 1.29 is 0 Å². The molecule has 0 saturated carbocycles. The van der Waals surface area contributed by atoms with Gasteiger partial charge in [-0.1, -0.05) is 170 Å². The molecule has 0 fully saturated rings. The van der Waals surface area contributed by atoms with Crippen molar-refractivity contribution in [3.8, 4) is 39.1 Å². The predicted octanol–water partition coefficient (Wildman–Crippen LogP) is 15.5. The first kappa shape index (κ1) is 34.6. The van der Waals surface area contributed by atoms with Gasteiger partial charge < -0.3 is 9.47 Å². The van der Waals surface area contributed by atoms with Gasteiger partial charge in [-0.05, 0) is 122 Å². The molecule has 59 heavy (non-hydrogen) atoms. The second-order valence-corrected chi connectivity index (χ2v) is 15.3. The zero-order valence-corrected chi connectivity index (χ0v) is 32.5. The summed E-state index contributed by atoms with van der Waals surface area (Å²) in [5.74, 6) is 0. The first-order valence-electron chi connectivity index (χ1n) is 20.4. The molecule has 2 nitrogen and oxygen atoms in total. The minimum absolute atomic E-state index is 0.865. The Morgan fingerprint density at radius 3 is 1.88 bits per heavy atom. The Kier molecular flexibility index (Phi) is 8.60. The Labute approximate surface area is 344 Å². The van der Waals surface area contributed by atoms with Gasteiger partial charge in [0.05, 0.1) is 11.0 Å². The second-order valence-electron chi connectivity index (χ2n) is 15.3. The van der Waals surface area contributed by atoms with E-state index < -0.39 is 0 Å². The standard InChI is InChI=1S/C57H40N2/c1-4-18-41(19-5-1)50-26-12-13-27-51(50)42-32-34-47(35-33-42)58(49-36-31-40-17-10-11-20-43(40)37-49)48-25-16-22-44(38-48)54-39-45-21-6-2-9-28-52(45)57-56(54)53-29-14-15-30-55(53)59(57)46-23-7-3-8-24-46/h1-27,29-39H,28H2. The van der Waals surface area contributed by atoms with Gasteiger partial charge in [-0.2, -0.15) is 0 Å². The van der Waals surface area contributed by atoms with Crippen molar-refractivity contribution in [3.63, 3.8) is 0 Å². The van der Waals surface area contributed by atoms with Crippen molar-refractivity contribution in [1.29, 1.82) is 0 Å². The number of allylic oxidation sites excluding steroid dienone is 3. The van der Waals surface area contributed by atoms with E-state index in [0.29, 0.717) is 0 Å². The summed E-state index contributed by atoms with van der Waals surface area (Å²) in [5.41, 5.74) is 16.8. The van der Waals surface area contributed by atoms with Crippen LogP contribution in [0.25, 0.3) is 77.7 Å². The lowest BCUT2D eigenvalue weighted by Gasteiger charge is -2.27. The fourth-order valence-corrected chi connectivity index (χ4v) is 9.08. The average Bonchev–Trinajstić information content (AvgIpc) is 3.46. The second kappa shape index (κ2) is 14.7. The number of nitrogens with zero attached hydrogens (tertiary/aromatic N) is 2. The minimum Gasteiger partial charge on any atom is -0.310 e. The van der Waals surface area contributed by atoms with Crippen molar-refractivity contribution in [2.45, 2.75) is 6.42 Å². The van der Waals surface area contributed by atoms with Crippen molar-refractivity contribution in [1.82, 2.24) is 4.57 Å². The highest BCUT2D eigenvalue weighted by Gasteiger charge is 2.23. The van der Waals surface area contributed by atoms with Gasteiger partial charge in [0, 0.05) is 33.5 Å². The number of rotatable bonds is 7. The van der Waals surface area contributed by atoms with E-state index in [1.807, 2.05) is 0 Å². The number of hydrogen-bond acceptors (Lipinski definition) is 1. The van der Waals surface area contributed by atoms with Crippen LogP contribution in [0, 0.1) is 0 Å². The number of anilines is 3. The average molecular weight is 753 g/mol. The highest BCUT2D eigenvalue weighted by atomic mass is 15.1. The molecule has 1 aliphatic rings. The molecule has 0 saturated heterocycles. The summed E-state index contributed by atoms with van der Waals surface area (Å²) >= 11 is 0. The molecule has 0 atom stereocenters. The number of fused-ring (bicyclic) bond motifs is 6. The maximum Gasteiger partial charge on any atom is 0.0588 e. The predicted molar refractivity (Wildman–Crippen MR) is 251 cm³/mol. The van der Waals surface area contributed by atoms with Crippen LogP contribution in [-0.2, 0) is 6.42 Å². The highest BCUT2D eigenvalue weighted by molar-refractivity contribution is 6.17. The van der Waals surface area contributed by atoms with Crippen LogP contribution in [-0.4, -0.2) is 4.57 Å². The van der Waals surface area contributed by atoms with E-state index in [-0.39, 0.29) is 0 Å². The van der Waals surface area contributed by atoms with Crippen molar-refractivity contribution in [3.05, 3.63) is 236 Å². The molecule has 11 rings (SSSR count). The molecule has 1 aliphatic carbocycles. The molecule has 1 heterocycles. The zero-order valence-electron chi connectivity index (χ0n) is 32.5. The number of benzene rings is 9. The van der Waals surface area contributed by atoms with E-state index in [0.717, 1.165) is 23.5 Å². The lowest BCUT2D eigenvalue weighted by molar-refractivity contribution is 1.15. The van der Waals surface area contributed by atoms with Crippen LogP contribution in [0.15, 0.2) is 224 Å². The maximum atomic E-state index is 2.47. The number of aromatic nitrogens is 1. The van der Waals surface area contributed by atoms with E-state index in [9.17, 15) is 0 Å². The van der Waals surface area contributed by atoms with Gasteiger partial charge in [0.15, 0.2) is 0 Å². The third-order valence-corrected chi connectivity index (χ3v) is 11.8. The zero-order chi connectivity index (χ0) is 39.1. The molecule has 9 aromatic carbocycles. The molecule has 278 valence electrons. The first-order valence-corrected chi connectivity index (χ1v) is 20.4. The summed E-state index contributed by atoms with van der Waals surface area (Å²) in [4.78, 5) is 2.40. The molecule has 0 radical (unpaired) electrons. The van der Waals surface area contributed by atoms with Crippen LogP contribution in [0.1, 0.15) is 11.1 Å². The van der Waals surface area contributed by atoms with Crippen LogP contribution in [0.2, 0.25) is 0 Å². The summed E-state index contributed by atoms with van der Waals surface area (Å²) in [6.45, 7) is 0. The quantitative estimate of drug-likeness (QED) is 0.157. The fraction of sp³-hybridized carbons (Fsp3) is 0.0175. The highest BCUT2D eigenvalue weighted by Crippen LogP contribution is 2.45. The fourth-order valence-electron chi connectivity index (χ4n) is 9.08. The van der Waals surface area contributed by atoms with Gasteiger partial charge >= 0.3 is 0 Å². The molecular formula is C57H40N2. The molecule has 1 aromatic heterocycles. The monoisotopic (exact) mass is 752 g/mol. The molecule has 10 aromatic rings. The van der Waals surface area contributed by atoms with Crippen LogP contribution < -0.4 is 4.90 Å². The number of hydrogen-bond donors (Lipinski definition) is 0. The van der Waals surface area contributed by atoms with E-state index in [4.69, 9.17) is 0 Å². The van der Waals surface area contributed by atoms with Crippen molar-refractivity contribution >= 4 is 55.7 Å². The Hall–Kier alpha value is -7.68. The van der Waals surface area contributed by atoms with E-state index >= 15 is 0 Å². The Bertz CT molecular complexity index is 3220. The summed E-state index contributed by atoms with van der Waals surface area (Å²) in [5, 5.41) is 4.97. The lowest BCUT2D eigenvalue weighted by Crippen LogP contribution is -2.10. The minimum atomic E-state index is 0.865.